The first-order chi connectivity index (χ1) is 17.1. The Morgan fingerprint density at radius 1 is 1.11 bits per heavy atom. The van der Waals surface area contributed by atoms with Gasteiger partial charge in [0.25, 0.3) is 5.43 Å². The van der Waals surface area contributed by atoms with Crippen molar-refractivity contribution in [2.24, 2.45) is 5.84 Å². The molecule has 1 amide bonds. The van der Waals surface area contributed by atoms with Crippen molar-refractivity contribution in [3.63, 3.8) is 0 Å². The highest BCUT2D eigenvalue weighted by atomic mass is 19.1. The molecule has 0 radical (unpaired) electrons. The number of benzene rings is 2. The van der Waals surface area contributed by atoms with Crippen LogP contribution in [-0.2, 0) is 4.74 Å². The van der Waals surface area contributed by atoms with Gasteiger partial charge in [0.1, 0.15) is 11.3 Å². The van der Waals surface area contributed by atoms with E-state index in [1.54, 1.807) is 31.5 Å². The van der Waals surface area contributed by atoms with E-state index in [-0.39, 0.29) is 22.8 Å². The van der Waals surface area contributed by atoms with Crippen LogP contribution in [0.15, 0.2) is 71.8 Å². The van der Waals surface area contributed by atoms with Crippen LogP contribution < -0.4 is 21.0 Å². The summed E-state index contributed by atoms with van der Waals surface area (Å²) in [4.78, 5) is 25.3. The summed E-state index contributed by atoms with van der Waals surface area (Å²) in [5.74, 6) is 5.04. The van der Waals surface area contributed by atoms with E-state index in [9.17, 15) is 9.59 Å². The maximum absolute atomic E-state index is 15.2. The van der Waals surface area contributed by atoms with Gasteiger partial charge in [-0.15, -0.1) is 0 Å². The second-order valence-corrected chi connectivity index (χ2v) is 8.77. The van der Waals surface area contributed by atoms with Crippen molar-refractivity contribution in [3.8, 4) is 28.5 Å². The van der Waals surface area contributed by atoms with Crippen molar-refractivity contribution in [1.29, 1.82) is 0 Å². The van der Waals surface area contributed by atoms with E-state index in [0.717, 1.165) is 6.07 Å². The van der Waals surface area contributed by atoms with Gasteiger partial charge < -0.3 is 9.47 Å². The van der Waals surface area contributed by atoms with Gasteiger partial charge in [0.2, 0.25) is 0 Å². The first-order valence-electron chi connectivity index (χ1n) is 10.9. The lowest BCUT2D eigenvalue weighted by Crippen LogP contribution is -2.41. The van der Waals surface area contributed by atoms with Crippen LogP contribution in [0.2, 0.25) is 0 Å². The molecule has 0 aliphatic rings. The number of hydrogen-bond acceptors (Lipinski definition) is 7. The first kappa shape index (κ1) is 24.6. The number of anilines is 1. The Kier molecular flexibility index (Phi) is 6.58. The summed E-state index contributed by atoms with van der Waals surface area (Å²) < 4.78 is 28.4. The molecule has 0 bridgehead atoms. The molecular weight excluding hydrogens is 467 g/mol. The number of methoxy groups -OCH3 is 1. The molecule has 2 N–H and O–H groups in total. The Bertz CT molecular complexity index is 1460. The zero-order chi connectivity index (χ0) is 26.0. The zero-order valence-electron chi connectivity index (χ0n) is 20.2. The molecule has 2 aromatic carbocycles. The SMILES string of the molecule is COc1cn(-c2ccc(N(N)C(=O)OC(C)(C)C)cc2F)nc(-c2ccnn2-c2ccccc2)c1=O. The summed E-state index contributed by atoms with van der Waals surface area (Å²) >= 11 is 0. The van der Waals surface area contributed by atoms with E-state index in [0.29, 0.717) is 16.4 Å². The molecule has 10 nitrogen and oxygen atoms in total. The van der Waals surface area contributed by atoms with Gasteiger partial charge in [0.15, 0.2) is 17.3 Å². The Morgan fingerprint density at radius 3 is 2.47 bits per heavy atom. The summed E-state index contributed by atoms with van der Waals surface area (Å²) in [5, 5.41) is 9.40. The normalized spacial score (nSPS) is 11.3. The molecule has 186 valence electrons. The van der Waals surface area contributed by atoms with Crippen LogP contribution in [0.1, 0.15) is 20.8 Å². The molecule has 0 aliphatic carbocycles. The molecule has 4 aromatic rings. The fourth-order valence-electron chi connectivity index (χ4n) is 3.41. The molecule has 4 rings (SSSR count). The molecular formula is C25H25FN6O4. The average molecular weight is 493 g/mol. The van der Waals surface area contributed by atoms with Gasteiger partial charge in [0.05, 0.1) is 36.6 Å². The van der Waals surface area contributed by atoms with Crippen LogP contribution in [0.3, 0.4) is 0 Å². The van der Waals surface area contributed by atoms with Crippen molar-refractivity contribution in [2.75, 3.05) is 12.1 Å². The first-order valence-corrected chi connectivity index (χ1v) is 10.9. The molecule has 36 heavy (non-hydrogen) atoms. The number of aromatic nitrogens is 4. The zero-order valence-corrected chi connectivity index (χ0v) is 20.2. The van der Waals surface area contributed by atoms with E-state index in [1.807, 2.05) is 30.3 Å². The predicted molar refractivity (Wildman–Crippen MR) is 132 cm³/mol. The number of hydrazine groups is 1. The Morgan fingerprint density at radius 2 is 1.83 bits per heavy atom. The minimum atomic E-state index is -0.839. The standard InChI is InChI=1S/C25H25FN6O4/c1-25(2,3)36-24(34)31(27)17-10-11-19(18(26)14-17)30-15-21(35-4)23(33)22(29-30)20-12-13-28-32(20)16-8-6-5-7-9-16/h5-15H,27H2,1-4H3. The van der Waals surface area contributed by atoms with Crippen molar-refractivity contribution < 1.29 is 18.7 Å². The molecule has 0 saturated carbocycles. The van der Waals surface area contributed by atoms with Crippen LogP contribution in [0, 0.1) is 5.82 Å². The van der Waals surface area contributed by atoms with Gasteiger partial charge in [-0.3, -0.25) is 4.79 Å². The second-order valence-electron chi connectivity index (χ2n) is 8.77. The molecule has 0 spiro atoms. The van der Waals surface area contributed by atoms with Gasteiger partial charge >= 0.3 is 6.09 Å². The fraction of sp³-hybridized carbons (Fsp3) is 0.200. The van der Waals surface area contributed by atoms with Crippen LogP contribution in [-0.4, -0.2) is 38.4 Å². The third-order valence-corrected chi connectivity index (χ3v) is 5.04. The number of hydrogen-bond donors (Lipinski definition) is 1. The lowest BCUT2D eigenvalue weighted by molar-refractivity contribution is 0.0580. The van der Waals surface area contributed by atoms with E-state index in [1.165, 1.54) is 36.3 Å². The van der Waals surface area contributed by atoms with Crippen molar-refractivity contribution in [3.05, 3.63) is 83.0 Å². The van der Waals surface area contributed by atoms with Crippen molar-refractivity contribution in [1.82, 2.24) is 19.6 Å². The highest BCUT2D eigenvalue weighted by Crippen LogP contribution is 2.24. The molecule has 0 aliphatic heterocycles. The summed E-state index contributed by atoms with van der Waals surface area (Å²) in [6.07, 6.45) is 1.98. The average Bonchev–Trinajstić information content (AvgIpc) is 3.33. The maximum atomic E-state index is 15.2. The molecule has 2 aromatic heterocycles. The number of halogens is 1. The summed E-state index contributed by atoms with van der Waals surface area (Å²) in [6.45, 7) is 5.08. The van der Waals surface area contributed by atoms with Gasteiger partial charge in [-0.05, 0) is 51.1 Å². The van der Waals surface area contributed by atoms with E-state index in [2.05, 4.69) is 10.2 Å². The highest BCUT2D eigenvalue weighted by Gasteiger charge is 2.23. The van der Waals surface area contributed by atoms with E-state index in [4.69, 9.17) is 15.3 Å². The molecule has 0 fully saturated rings. The molecule has 2 heterocycles. The molecule has 11 heteroatoms. The number of para-hydroxylation sites is 1. The van der Waals surface area contributed by atoms with E-state index >= 15 is 4.39 Å². The quantitative estimate of drug-likeness (QED) is 0.255. The summed E-state index contributed by atoms with van der Waals surface area (Å²) in [5.41, 5.74) is -0.0631. The van der Waals surface area contributed by atoms with E-state index < -0.39 is 22.9 Å². The van der Waals surface area contributed by atoms with Gasteiger partial charge in [0, 0.05) is 6.07 Å². The lowest BCUT2D eigenvalue weighted by atomic mass is 10.2. The number of carbonyl (C=O) groups is 1. The fourth-order valence-corrected chi connectivity index (χ4v) is 3.41. The lowest BCUT2D eigenvalue weighted by Gasteiger charge is -2.24. The topological polar surface area (TPSA) is 118 Å². The Hall–Kier alpha value is -4.51. The van der Waals surface area contributed by atoms with Crippen LogP contribution in [0.5, 0.6) is 5.75 Å². The monoisotopic (exact) mass is 492 g/mol. The summed E-state index contributed by atoms with van der Waals surface area (Å²) in [7, 11) is 1.34. The Labute approximate surface area is 206 Å². The molecule has 0 saturated heterocycles. The minimum Gasteiger partial charge on any atom is -0.491 e. The predicted octanol–water partition coefficient (Wildman–Crippen LogP) is 3.85. The van der Waals surface area contributed by atoms with Gasteiger partial charge in [-0.25, -0.2) is 29.4 Å². The third-order valence-electron chi connectivity index (χ3n) is 5.04. The second kappa shape index (κ2) is 9.62. The summed E-state index contributed by atoms with van der Waals surface area (Å²) in [6, 6.07) is 14.7. The third kappa shape index (κ3) is 4.96. The van der Waals surface area contributed by atoms with Gasteiger partial charge in [-0.1, -0.05) is 18.2 Å². The Balaban J connectivity index is 1.77. The number of carbonyl (C=O) groups excluding carboxylic acids is 1. The smallest absolute Gasteiger partial charge is 0.429 e. The number of rotatable bonds is 5. The maximum Gasteiger partial charge on any atom is 0.429 e. The van der Waals surface area contributed by atoms with Crippen LogP contribution in [0.25, 0.3) is 22.8 Å². The highest BCUT2D eigenvalue weighted by molar-refractivity contribution is 5.86. The largest absolute Gasteiger partial charge is 0.491 e. The van der Waals surface area contributed by atoms with Crippen LogP contribution >= 0.6 is 0 Å². The number of ether oxygens (including phenoxy) is 2. The number of nitrogens with two attached hydrogens (primary N) is 1. The van der Waals surface area contributed by atoms with Crippen LogP contribution in [0.4, 0.5) is 14.9 Å². The minimum absolute atomic E-state index is 0.00154. The van der Waals surface area contributed by atoms with Crippen molar-refractivity contribution in [2.45, 2.75) is 26.4 Å². The molecule has 0 unspecified atom stereocenters. The number of amides is 1. The van der Waals surface area contributed by atoms with Crippen molar-refractivity contribution >= 4 is 11.8 Å². The molecule has 0 atom stereocenters. The van der Waals surface area contributed by atoms with Gasteiger partial charge in [-0.2, -0.15) is 10.2 Å². The number of nitrogens with zero attached hydrogens (tertiary/aromatic N) is 5.